The monoisotopic (exact) mass is 323 g/mol. The Labute approximate surface area is 135 Å². The van der Waals surface area contributed by atoms with E-state index in [1.807, 2.05) is 6.92 Å². The van der Waals surface area contributed by atoms with E-state index in [4.69, 9.17) is 17.3 Å². The van der Waals surface area contributed by atoms with Gasteiger partial charge in [0.2, 0.25) is 5.91 Å². The number of hydrogen-bond acceptors (Lipinski definition) is 3. The Kier molecular flexibility index (Phi) is 5.80. The van der Waals surface area contributed by atoms with Gasteiger partial charge in [-0.2, -0.15) is 0 Å². The lowest BCUT2D eigenvalue weighted by Gasteiger charge is -2.14. The molecule has 0 aliphatic heterocycles. The predicted octanol–water partition coefficient (Wildman–Crippen LogP) is 2.55. The van der Waals surface area contributed by atoms with E-state index in [1.54, 1.807) is 18.2 Å². The first-order chi connectivity index (χ1) is 10.5. The van der Waals surface area contributed by atoms with Gasteiger partial charge in [0.15, 0.2) is 0 Å². The van der Waals surface area contributed by atoms with Crippen LogP contribution in [-0.2, 0) is 4.79 Å². The highest BCUT2D eigenvalue weighted by atomic mass is 35.5. The van der Waals surface area contributed by atoms with Crippen LogP contribution in [0.2, 0.25) is 5.02 Å². The van der Waals surface area contributed by atoms with Gasteiger partial charge < -0.3 is 16.4 Å². The van der Waals surface area contributed by atoms with Gasteiger partial charge in [0.1, 0.15) is 0 Å². The summed E-state index contributed by atoms with van der Waals surface area (Å²) in [5.74, 6) is -0.405. The standard InChI is InChI=1S/C16H22ClN3O2/c1-2-7-19-16(22)13-6-4-11(17)9-14(13)20-15(21)10-3-5-12(18)8-10/h4,6,9-10,12H,2-3,5,7-8,18H2,1H3,(H,19,22)(H,20,21). The predicted molar refractivity (Wildman–Crippen MR) is 88.0 cm³/mol. The van der Waals surface area contributed by atoms with Crippen molar-refractivity contribution < 1.29 is 9.59 Å². The lowest BCUT2D eigenvalue weighted by atomic mass is 10.1. The van der Waals surface area contributed by atoms with Crippen LogP contribution in [0.4, 0.5) is 5.69 Å². The number of rotatable bonds is 5. The highest BCUT2D eigenvalue weighted by molar-refractivity contribution is 6.31. The zero-order valence-electron chi connectivity index (χ0n) is 12.7. The van der Waals surface area contributed by atoms with E-state index in [-0.39, 0.29) is 23.8 Å². The van der Waals surface area contributed by atoms with Crippen molar-refractivity contribution in [2.45, 2.75) is 38.6 Å². The third-order valence-electron chi connectivity index (χ3n) is 3.86. The summed E-state index contributed by atoms with van der Waals surface area (Å²) in [5.41, 5.74) is 6.72. The van der Waals surface area contributed by atoms with Gasteiger partial charge in [-0.1, -0.05) is 18.5 Å². The Morgan fingerprint density at radius 1 is 1.36 bits per heavy atom. The molecule has 0 aromatic heterocycles. The van der Waals surface area contributed by atoms with Crippen molar-refractivity contribution in [2.75, 3.05) is 11.9 Å². The maximum absolute atomic E-state index is 12.3. The summed E-state index contributed by atoms with van der Waals surface area (Å²) in [7, 11) is 0. The van der Waals surface area contributed by atoms with Crippen LogP contribution in [-0.4, -0.2) is 24.4 Å². The lowest BCUT2D eigenvalue weighted by Crippen LogP contribution is -2.27. The summed E-state index contributed by atoms with van der Waals surface area (Å²) in [6.45, 7) is 2.57. The van der Waals surface area contributed by atoms with Crippen LogP contribution in [0.25, 0.3) is 0 Å². The molecule has 1 aromatic carbocycles. The molecule has 0 radical (unpaired) electrons. The molecule has 0 heterocycles. The summed E-state index contributed by atoms with van der Waals surface area (Å²) in [4.78, 5) is 24.5. The molecule has 0 saturated heterocycles. The first kappa shape index (κ1) is 16.8. The van der Waals surface area contributed by atoms with E-state index in [9.17, 15) is 9.59 Å². The minimum absolute atomic E-state index is 0.0856. The SMILES string of the molecule is CCCNC(=O)c1ccc(Cl)cc1NC(=O)C1CCC(N)C1. The highest BCUT2D eigenvalue weighted by Gasteiger charge is 2.28. The van der Waals surface area contributed by atoms with E-state index in [0.717, 1.165) is 19.3 Å². The van der Waals surface area contributed by atoms with Crippen LogP contribution in [0.1, 0.15) is 43.0 Å². The number of halogens is 1. The maximum Gasteiger partial charge on any atom is 0.253 e. The van der Waals surface area contributed by atoms with Crippen molar-refractivity contribution in [2.24, 2.45) is 11.7 Å². The number of amides is 2. The average Bonchev–Trinajstić information content (AvgIpc) is 2.91. The molecule has 1 aromatic rings. The van der Waals surface area contributed by atoms with Crippen LogP contribution in [0, 0.1) is 5.92 Å². The minimum atomic E-state index is -0.211. The van der Waals surface area contributed by atoms with Crippen molar-refractivity contribution in [3.05, 3.63) is 28.8 Å². The summed E-state index contributed by atoms with van der Waals surface area (Å²) in [6.07, 6.45) is 3.17. The van der Waals surface area contributed by atoms with E-state index in [0.29, 0.717) is 29.2 Å². The smallest absolute Gasteiger partial charge is 0.253 e. The van der Waals surface area contributed by atoms with E-state index in [1.165, 1.54) is 0 Å². The van der Waals surface area contributed by atoms with Crippen LogP contribution in [0.5, 0.6) is 0 Å². The molecular weight excluding hydrogens is 302 g/mol. The molecule has 0 bridgehead atoms. The first-order valence-corrected chi connectivity index (χ1v) is 8.03. The van der Waals surface area contributed by atoms with Gasteiger partial charge in [0.05, 0.1) is 11.3 Å². The molecule has 1 fully saturated rings. The van der Waals surface area contributed by atoms with Gasteiger partial charge in [-0.15, -0.1) is 0 Å². The number of anilines is 1. The van der Waals surface area contributed by atoms with Crippen molar-refractivity contribution >= 4 is 29.1 Å². The zero-order valence-corrected chi connectivity index (χ0v) is 13.5. The summed E-state index contributed by atoms with van der Waals surface area (Å²) in [5, 5.41) is 6.11. The fourth-order valence-corrected chi connectivity index (χ4v) is 2.81. The van der Waals surface area contributed by atoms with Crippen LogP contribution < -0.4 is 16.4 Å². The van der Waals surface area contributed by atoms with E-state index >= 15 is 0 Å². The Balaban J connectivity index is 2.13. The largest absolute Gasteiger partial charge is 0.352 e. The third kappa shape index (κ3) is 4.21. The Morgan fingerprint density at radius 3 is 2.77 bits per heavy atom. The van der Waals surface area contributed by atoms with Crippen molar-refractivity contribution in [3.8, 4) is 0 Å². The molecule has 22 heavy (non-hydrogen) atoms. The summed E-state index contributed by atoms with van der Waals surface area (Å²) in [6, 6.07) is 4.96. The quantitative estimate of drug-likeness (QED) is 0.778. The molecule has 2 unspecified atom stereocenters. The van der Waals surface area contributed by atoms with Crippen molar-refractivity contribution in [1.29, 1.82) is 0 Å². The van der Waals surface area contributed by atoms with Crippen LogP contribution >= 0.6 is 11.6 Å². The van der Waals surface area contributed by atoms with Gasteiger partial charge in [-0.3, -0.25) is 9.59 Å². The molecule has 1 saturated carbocycles. The number of carbonyl (C=O) groups is 2. The van der Waals surface area contributed by atoms with Gasteiger partial charge in [-0.05, 0) is 43.9 Å². The van der Waals surface area contributed by atoms with Gasteiger partial charge in [0.25, 0.3) is 5.91 Å². The van der Waals surface area contributed by atoms with Crippen molar-refractivity contribution in [3.63, 3.8) is 0 Å². The molecule has 5 nitrogen and oxygen atoms in total. The van der Waals surface area contributed by atoms with E-state index < -0.39 is 0 Å². The Bertz CT molecular complexity index is 562. The third-order valence-corrected chi connectivity index (χ3v) is 4.10. The second-order valence-electron chi connectivity index (χ2n) is 5.71. The first-order valence-electron chi connectivity index (χ1n) is 7.65. The molecule has 2 amide bonds. The molecule has 0 spiro atoms. The lowest BCUT2D eigenvalue weighted by molar-refractivity contribution is -0.119. The minimum Gasteiger partial charge on any atom is -0.352 e. The number of hydrogen-bond donors (Lipinski definition) is 3. The zero-order chi connectivity index (χ0) is 16.1. The molecule has 4 N–H and O–H groups in total. The highest BCUT2D eigenvalue weighted by Crippen LogP contribution is 2.27. The Morgan fingerprint density at radius 2 is 2.14 bits per heavy atom. The topological polar surface area (TPSA) is 84.2 Å². The normalized spacial score (nSPS) is 20.7. The number of nitrogens with two attached hydrogens (primary N) is 1. The molecule has 2 atom stereocenters. The number of nitrogens with one attached hydrogen (secondary N) is 2. The average molecular weight is 324 g/mol. The van der Waals surface area contributed by atoms with Crippen LogP contribution in [0.3, 0.4) is 0 Å². The molecule has 1 aliphatic carbocycles. The molecule has 6 heteroatoms. The fraction of sp³-hybridized carbons (Fsp3) is 0.500. The number of benzene rings is 1. The second kappa shape index (κ2) is 7.61. The molecular formula is C16H22ClN3O2. The van der Waals surface area contributed by atoms with Gasteiger partial charge in [0, 0.05) is 23.5 Å². The summed E-state index contributed by atoms with van der Waals surface area (Å²) < 4.78 is 0. The van der Waals surface area contributed by atoms with E-state index in [2.05, 4.69) is 10.6 Å². The molecule has 2 rings (SSSR count). The Hall–Kier alpha value is -1.59. The maximum atomic E-state index is 12.3. The number of carbonyl (C=O) groups excluding carboxylic acids is 2. The fourth-order valence-electron chi connectivity index (χ4n) is 2.64. The summed E-state index contributed by atoms with van der Waals surface area (Å²) >= 11 is 5.99. The molecule has 1 aliphatic rings. The van der Waals surface area contributed by atoms with Crippen LogP contribution in [0.15, 0.2) is 18.2 Å². The second-order valence-corrected chi connectivity index (χ2v) is 6.14. The van der Waals surface area contributed by atoms with Gasteiger partial charge >= 0.3 is 0 Å². The molecule has 120 valence electrons. The van der Waals surface area contributed by atoms with Crippen molar-refractivity contribution in [1.82, 2.24) is 5.32 Å². The van der Waals surface area contributed by atoms with Gasteiger partial charge in [-0.25, -0.2) is 0 Å².